The summed E-state index contributed by atoms with van der Waals surface area (Å²) in [6.45, 7) is 6.46. The number of anilines is 1. The normalized spacial score (nSPS) is 11.4. The molecule has 160 valence electrons. The zero-order chi connectivity index (χ0) is 21.7. The monoisotopic (exact) mass is 410 g/mol. The molecule has 0 saturated carbocycles. The van der Waals surface area contributed by atoms with Crippen LogP contribution in [0.2, 0.25) is 0 Å². The molecule has 0 aliphatic heterocycles. The van der Waals surface area contributed by atoms with Gasteiger partial charge in [0.1, 0.15) is 5.52 Å². The molecule has 0 aliphatic rings. The SMILES string of the molecule is CNCCN(C)C(=O)CCC(=O)Nc1nc2ccccc2c2c1ncn2CC(C)C. The predicted molar refractivity (Wildman–Crippen MR) is 119 cm³/mol. The van der Waals surface area contributed by atoms with E-state index in [2.05, 4.69) is 39.0 Å². The van der Waals surface area contributed by atoms with Crippen molar-refractivity contribution in [2.45, 2.75) is 33.2 Å². The molecule has 0 spiro atoms. The summed E-state index contributed by atoms with van der Waals surface area (Å²) in [6, 6.07) is 7.85. The zero-order valence-corrected chi connectivity index (χ0v) is 18.1. The van der Waals surface area contributed by atoms with Crippen LogP contribution < -0.4 is 10.6 Å². The van der Waals surface area contributed by atoms with E-state index in [-0.39, 0.29) is 24.7 Å². The standard InChI is InChI=1S/C22H30N6O2/c1-15(2)13-28-14-24-20-21(28)16-7-5-6-8-17(16)25-22(20)26-18(29)9-10-19(30)27(4)12-11-23-3/h5-8,14-15,23H,9-13H2,1-4H3,(H,25,26,29). The fourth-order valence-corrected chi connectivity index (χ4v) is 3.41. The Balaban J connectivity index is 1.81. The molecule has 2 heterocycles. The minimum Gasteiger partial charge on any atom is -0.344 e. The first-order valence-corrected chi connectivity index (χ1v) is 10.3. The van der Waals surface area contributed by atoms with Crippen LogP contribution in [-0.4, -0.2) is 58.4 Å². The molecule has 3 rings (SSSR count). The van der Waals surface area contributed by atoms with Crippen LogP contribution in [0.25, 0.3) is 21.9 Å². The highest BCUT2D eigenvalue weighted by Gasteiger charge is 2.17. The second kappa shape index (κ2) is 9.67. The summed E-state index contributed by atoms with van der Waals surface area (Å²) in [6.07, 6.45) is 2.06. The van der Waals surface area contributed by atoms with E-state index in [1.54, 1.807) is 18.3 Å². The van der Waals surface area contributed by atoms with E-state index in [0.29, 0.717) is 30.3 Å². The molecule has 2 aromatic heterocycles. The van der Waals surface area contributed by atoms with E-state index in [1.165, 1.54) is 0 Å². The summed E-state index contributed by atoms with van der Waals surface area (Å²) < 4.78 is 2.11. The van der Waals surface area contributed by atoms with Gasteiger partial charge in [0, 0.05) is 44.9 Å². The number of hydrogen-bond donors (Lipinski definition) is 2. The molecule has 30 heavy (non-hydrogen) atoms. The Hall–Kier alpha value is -3.00. The first-order chi connectivity index (χ1) is 14.4. The number of nitrogens with zero attached hydrogens (tertiary/aromatic N) is 4. The third-order valence-corrected chi connectivity index (χ3v) is 4.96. The van der Waals surface area contributed by atoms with E-state index in [4.69, 9.17) is 0 Å². The summed E-state index contributed by atoms with van der Waals surface area (Å²) in [5.74, 6) is 0.594. The summed E-state index contributed by atoms with van der Waals surface area (Å²) in [5, 5.41) is 6.88. The Labute approximate surface area is 176 Å². The van der Waals surface area contributed by atoms with Gasteiger partial charge in [-0.15, -0.1) is 0 Å². The van der Waals surface area contributed by atoms with Gasteiger partial charge in [-0.1, -0.05) is 32.0 Å². The molecule has 0 saturated heterocycles. The van der Waals surface area contributed by atoms with Crippen LogP contribution in [0.15, 0.2) is 30.6 Å². The van der Waals surface area contributed by atoms with E-state index < -0.39 is 0 Å². The van der Waals surface area contributed by atoms with E-state index in [9.17, 15) is 9.59 Å². The molecule has 2 amide bonds. The highest BCUT2D eigenvalue weighted by molar-refractivity contribution is 6.09. The lowest BCUT2D eigenvalue weighted by Crippen LogP contribution is -2.33. The van der Waals surface area contributed by atoms with Crippen LogP contribution in [0.4, 0.5) is 5.82 Å². The van der Waals surface area contributed by atoms with Crippen molar-refractivity contribution in [3.63, 3.8) is 0 Å². The van der Waals surface area contributed by atoms with Crippen LogP contribution in [0, 0.1) is 5.92 Å². The molecule has 0 unspecified atom stereocenters. The maximum Gasteiger partial charge on any atom is 0.226 e. The van der Waals surface area contributed by atoms with Crippen molar-refractivity contribution in [3.05, 3.63) is 30.6 Å². The van der Waals surface area contributed by atoms with Gasteiger partial charge in [-0.2, -0.15) is 0 Å². The molecule has 3 aromatic rings. The molecule has 0 radical (unpaired) electrons. The Bertz CT molecular complexity index is 1040. The highest BCUT2D eigenvalue weighted by atomic mass is 16.2. The number of rotatable bonds is 9. The molecule has 0 fully saturated rings. The average Bonchev–Trinajstić information content (AvgIpc) is 3.14. The summed E-state index contributed by atoms with van der Waals surface area (Å²) in [4.78, 5) is 35.5. The first-order valence-electron chi connectivity index (χ1n) is 10.3. The fraction of sp³-hybridized carbons (Fsp3) is 0.455. The van der Waals surface area contributed by atoms with Gasteiger partial charge < -0.3 is 20.1 Å². The van der Waals surface area contributed by atoms with Gasteiger partial charge in [-0.3, -0.25) is 9.59 Å². The van der Waals surface area contributed by atoms with Gasteiger partial charge in [-0.05, 0) is 19.0 Å². The fourth-order valence-electron chi connectivity index (χ4n) is 3.41. The molecule has 8 nitrogen and oxygen atoms in total. The van der Waals surface area contributed by atoms with E-state index >= 15 is 0 Å². The lowest BCUT2D eigenvalue weighted by Gasteiger charge is -2.16. The number of carbonyl (C=O) groups excluding carboxylic acids is 2. The number of nitrogens with one attached hydrogen (secondary N) is 2. The minimum absolute atomic E-state index is 0.0572. The van der Waals surface area contributed by atoms with Crippen LogP contribution in [-0.2, 0) is 16.1 Å². The van der Waals surface area contributed by atoms with Crippen molar-refractivity contribution in [1.82, 2.24) is 24.8 Å². The minimum atomic E-state index is -0.243. The number of imidazole rings is 1. The number of aromatic nitrogens is 3. The molecule has 1 aromatic carbocycles. The maximum absolute atomic E-state index is 12.5. The number of hydrogen-bond acceptors (Lipinski definition) is 5. The van der Waals surface area contributed by atoms with Gasteiger partial charge in [0.2, 0.25) is 11.8 Å². The van der Waals surface area contributed by atoms with Gasteiger partial charge >= 0.3 is 0 Å². The third-order valence-electron chi connectivity index (χ3n) is 4.96. The molecular weight excluding hydrogens is 380 g/mol. The number of pyridine rings is 1. The second-order valence-corrected chi connectivity index (χ2v) is 7.93. The van der Waals surface area contributed by atoms with Crippen LogP contribution >= 0.6 is 0 Å². The largest absolute Gasteiger partial charge is 0.344 e. The topological polar surface area (TPSA) is 92.2 Å². The number of fused-ring (bicyclic) bond motifs is 3. The molecule has 0 bridgehead atoms. The number of benzene rings is 1. The number of carbonyl (C=O) groups is 2. The van der Waals surface area contributed by atoms with E-state index in [0.717, 1.165) is 23.0 Å². The molecule has 2 N–H and O–H groups in total. The number of likely N-dealkylation sites (N-methyl/N-ethyl adjacent to an activating group) is 2. The Morgan fingerprint density at radius 1 is 1.20 bits per heavy atom. The summed E-state index contributed by atoms with van der Waals surface area (Å²) in [5.41, 5.74) is 2.43. The Kier molecular flexibility index (Phi) is 6.99. The predicted octanol–water partition coefficient (Wildman–Crippen LogP) is 2.64. The van der Waals surface area contributed by atoms with Crippen molar-refractivity contribution in [1.29, 1.82) is 0 Å². The van der Waals surface area contributed by atoms with Gasteiger partial charge in [0.15, 0.2) is 5.82 Å². The Morgan fingerprint density at radius 3 is 2.70 bits per heavy atom. The third kappa shape index (κ3) is 4.94. The van der Waals surface area contributed by atoms with Crippen LogP contribution in [0.5, 0.6) is 0 Å². The second-order valence-electron chi connectivity index (χ2n) is 7.93. The van der Waals surface area contributed by atoms with Gasteiger partial charge in [-0.25, -0.2) is 9.97 Å². The van der Waals surface area contributed by atoms with Crippen molar-refractivity contribution in [3.8, 4) is 0 Å². The molecule has 0 atom stereocenters. The molecule has 8 heteroatoms. The molecular formula is C22H30N6O2. The lowest BCUT2D eigenvalue weighted by molar-refractivity contribution is -0.131. The lowest BCUT2D eigenvalue weighted by atomic mass is 10.1. The van der Waals surface area contributed by atoms with Gasteiger partial charge in [0.05, 0.1) is 17.4 Å². The van der Waals surface area contributed by atoms with Crippen molar-refractivity contribution in [2.75, 3.05) is 32.5 Å². The van der Waals surface area contributed by atoms with Crippen LogP contribution in [0.1, 0.15) is 26.7 Å². The Morgan fingerprint density at radius 2 is 1.97 bits per heavy atom. The summed E-state index contributed by atoms with van der Waals surface area (Å²) >= 11 is 0. The maximum atomic E-state index is 12.5. The number of amides is 2. The quantitative estimate of drug-likeness (QED) is 0.566. The number of para-hydroxylation sites is 1. The zero-order valence-electron chi connectivity index (χ0n) is 18.1. The van der Waals surface area contributed by atoms with Crippen molar-refractivity contribution < 1.29 is 9.59 Å². The summed E-state index contributed by atoms with van der Waals surface area (Å²) in [7, 11) is 3.58. The average molecular weight is 411 g/mol. The highest BCUT2D eigenvalue weighted by Crippen LogP contribution is 2.29. The van der Waals surface area contributed by atoms with E-state index in [1.807, 2.05) is 31.3 Å². The molecule has 0 aliphatic carbocycles. The first kappa shape index (κ1) is 21.7. The smallest absolute Gasteiger partial charge is 0.226 e. The van der Waals surface area contributed by atoms with Crippen molar-refractivity contribution in [2.24, 2.45) is 5.92 Å². The van der Waals surface area contributed by atoms with Crippen LogP contribution in [0.3, 0.4) is 0 Å². The van der Waals surface area contributed by atoms with Gasteiger partial charge in [0.25, 0.3) is 0 Å². The van der Waals surface area contributed by atoms with Crippen molar-refractivity contribution >= 4 is 39.6 Å².